The van der Waals surface area contributed by atoms with Crippen molar-refractivity contribution in [3.8, 4) is 11.1 Å². The summed E-state index contributed by atoms with van der Waals surface area (Å²) in [7, 11) is 4.05. The molecule has 1 saturated heterocycles. The van der Waals surface area contributed by atoms with E-state index in [1.54, 1.807) is 39.0 Å². The van der Waals surface area contributed by atoms with Gasteiger partial charge in [-0.15, -0.1) is 0 Å². The van der Waals surface area contributed by atoms with Gasteiger partial charge in [0.05, 0.1) is 18.0 Å². The molecule has 1 aliphatic rings. The lowest BCUT2D eigenvalue weighted by molar-refractivity contribution is -0.137. The lowest BCUT2D eigenvalue weighted by Gasteiger charge is -2.52. The van der Waals surface area contributed by atoms with Crippen LogP contribution in [0.4, 0.5) is 14.6 Å². The number of pyridine rings is 1. The van der Waals surface area contributed by atoms with Crippen molar-refractivity contribution in [2.45, 2.75) is 72.0 Å². The molecule has 4 rings (SSSR count). The molecule has 1 aromatic heterocycles. The fourth-order valence-electron chi connectivity index (χ4n) is 6.13. The summed E-state index contributed by atoms with van der Waals surface area (Å²) in [6.07, 6.45) is -0.347. The lowest BCUT2D eigenvalue weighted by Crippen LogP contribution is -2.67. The van der Waals surface area contributed by atoms with Gasteiger partial charge >= 0.3 is 5.97 Å². The number of carboxylic acids is 1. The van der Waals surface area contributed by atoms with Crippen LogP contribution in [0.5, 0.6) is 0 Å². The number of carboxylic acid groups (broad SMARTS) is 1. The number of rotatable bonds is 12. The summed E-state index contributed by atoms with van der Waals surface area (Å²) in [5, 5.41) is 15.2. The van der Waals surface area contributed by atoms with Gasteiger partial charge < -0.3 is 25.5 Å². The molecule has 9 nitrogen and oxygen atoms in total. The Morgan fingerprint density at radius 2 is 1.64 bits per heavy atom. The number of nitrogens with zero attached hydrogens (tertiary/aromatic N) is 3. The zero-order valence-electron chi connectivity index (χ0n) is 28.4. The Balaban J connectivity index is 1.60. The average Bonchev–Trinajstić information content (AvgIpc) is 2.95. The Morgan fingerprint density at radius 1 is 1.00 bits per heavy atom. The Labute approximate surface area is 275 Å². The van der Waals surface area contributed by atoms with Crippen LogP contribution in [0, 0.1) is 38.3 Å². The summed E-state index contributed by atoms with van der Waals surface area (Å²) in [6, 6.07) is 8.75. The normalized spacial score (nSPS) is 15.3. The van der Waals surface area contributed by atoms with Crippen molar-refractivity contribution in [3.63, 3.8) is 0 Å². The lowest BCUT2D eigenvalue weighted by atomic mass is 9.90. The summed E-state index contributed by atoms with van der Waals surface area (Å²) in [5.74, 6) is -2.85. The highest BCUT2D eigenvalue weighted by molar-refractivity contribution is 5.96. The summed E-state index contributed by atoms with van der Waals surface area (Å²) >= 11 is 0. The molecule has 0 spiro atoms. The maximum Gasteiger partial charge on any atom is 0.305 e. The molecule has 1 aliphatic heterocycles. The van der Waals surface area contributed by atoms with Crippen LogP contribution in [0.1, 0.15) is 72.4 Å². The second-order valence-electron chi connectivity index (χ2n) is 13.6. The smallest absolute Gasteiger partial charge is 0.305 e. The maximum absolute atomic E-state index is 15.7. The highest BCUT2D eigenvalue weighted by atomic mass is 19.1. The van der Waals surface area contributed by atoms with E-state index in [4.69, 9.17) is 0 Å². The van der Waals surface area contributed by atoms with E-state index in [1.165, 1.54) is 18.2 Å². The van der Waals surface area contributed by atoms with Gasteiger partial charge in [-0.05, 0) is 118 Å². The number of carbonyl (C=O) groups excluding carboxylic acids is 2. The number of likely N-dealkylation sites (N-methyl/N-ethyl adjacent to an activating group) is 1. The van der Waals surface area contributed by atoms with Crippen molar-refractivity contribution in [3.05, 3.63) is 82.0 Å². The fourth-order valence-corrected chi connectivity index (χ4v) is 6.13. The number of anilines is 1. The van der Waals surface area contributed by atoms with Crippen LogP contribution in [-0.4, -0.2) is 71.5 Å². The topological polar surface area (TPSA) is 115 Å². The number of aliphatic carboxylic acids is 1. The van der Waals surface area contributed by atoms with E-state index in [0.717, 1.165) is 13.1 Å². The summed E-state index contributed by atoms with van der Waals surface area (Å²) in [5.41, 5.74) is 2.92. The molecular formula is C36H45F2N5O4. The fraction of sp³-hybridized carbons (Fsp3) is 0.444. The molecule has 2 atom stereocenters. The molecule has 0 saturated carbocycles. The minimum atomic E-state index is -1.25. The summed E-state index contributed by atoms with van der Waals surface area (Å²) < 4.78 is 29.7. The Morgan fingerprint density at radius 3 is 2.21 bits per heavy atom. The van der Waals surface area contributed by atoms with Gasteiger partial charge in [-0.1, -0.05) is 19.9 Å². The van der Waals surface area contributed by atoms with Gasteiger partial charge in [0.2, 0.25) is 5.91 Å². The van der Waals surface area contributed by atoms with Crippen LogP contribution in [0.3, 0.4) is 0 Å². The van der Waals surface area contributed by atoms with Gasteiger partial charge in [0.15, 0.2) is 0 Å². The van der Waals surface area contributed by atoms with Gasteiger partial charge in [0, 0.05) is 18.7 Å². The van der Waals surface area contributed by atoms with Crippen LogP contribution >= 0.6 is 0 Å². The SMILES string of the molecule is Cc1cc(-c2c(C)cc(F)cc2C)cc([C@H](CC(=O)O)NC(=O)[C@H](CC(C)C)NC(=O)c2cccc(N3CC(C)(N(C)C)C3)n2)c1F. The molecule has 2 amide bonds. The molecule has 252 valence electrons. The zero-order valence-corrected chi connectivity index (χ0v) is 28.4. The summed E-state index contributed by atoms with van der Waals surface area (Å²) in [4.78, 5) is 47.9. The second kappa shape index (κ2) is 14.2. The Kier molecular flexibility index (Phi) is 10.7. The van der Waals surface area contributed by atoms with Crippen LogP contribution in [0.15, 0.2) is 42.5 Å². The molecule has 2 aromatic carbocycles. The van der Waals surface area contributed by atoms with Crippen LogP contribution in [-0.2, 0) is 9.59 Å². The molecule has 47 heavy (non-hydrogen) atoms. The first-order valence-corrected chi connectivity index (χ1v) is 15.8. The zero-order chi connectivity index (χ0) is 34.8. The number of amides is 2. The highest BCUT2D eigenvalue weighted by Crippen LogP contribution is 2.34. The number of halogens is 2. The number of hydrogen-bond acceptors (Lipinski definition) is 6. The van der Waals surface area contributed by atoms with Crippen LogP contribution < -0.4 is 15.5 Å². The van der Waals surface area contributed by atoms with Gasteiger partial charge in [-0.2, -0.15) is 0 Å². The van der Waals surface area contributed by atoms with Gasteiger partial charge in [-0.25, -0.2) is 13.8 Å². The average molecular weight is 650 g/mol. The highest BCUT2D eigenvalue weighted by Gasteiger charge is 2.41. The van der Waals surface area contributed by atoms with Gasteiger partial charge in [0.25, 0.3) is 5.91 Å². The molecular weight excluding hydrogens is 604 g/mol. The van der Waals surface area contributed by atoms with E-state index in [9.17, 15) is 23.9 Å². The van der Waals surface area contributed by atoms with Crippen molar-refractivity contribution in [1.82, 2.24) is 20.5 Å². The third-order valence-corrected chi connectivity index (χ3v) is 8.90. The Hall–Kier alpha value is -4.38. The monoisotopic (exact) mass is 649 g/mol. The number of carbonyl (C=O) groups is 3. The van der Waals surface area contributed by atoms with Crippen molar-refractivity contribution in [2.75, 3.05) is 32.1 Å². The molecule has 3 aromatic rings. The van der Waals surface area contributed by atoms with E-state index in [2.05, 4.69) is 32.3 Å². The molecule has 3 N–H and O–H groups in total. The first-order chi connectivity index (χ1) is 22.0. The first-order valence-electron chi connectivity index (χ1n) is 15.8. The van der Waals surface area contributed by atoms with E-state index in [1.807, 2.05) is 34.0 Å². The molecule has 1 fully saturated rings. The second-order valence-corrected chi connectivity index (χ2v) is 13.6. The minimum Gasteiger partial charge on any atom is -0.481 e. The van der Waals surface area contributed by atoms with Crippen LogP contribution in [0.25, 0.3) is 11.1 Å². The molecule has 2 heterocycles. The van der Waals surface area contributed by atoms with E-state index >= 15 is 4.39 Å². The predicted molar refractivity (Wildman–Crippen MR) is 178 cm³/mol. The molecule has 0 bridgehead atoms. The third-order valence-electron chi connectivity index (χ3n) is 8.90. The number of aromatic nitrogens is 1. The molecule has 0 radical (unpaired) electrons. The van der Waals surface area contributed by atoms with E-state index in [0.29, 0.717) is 28.1 Å². The largest absolute Gasteiger partial charge is 0.481 e. The predicted octanol–water partition coefficient (Wildman–Crippen LogP) is 5.57. The van der Waals surface area contributed by atoms with Crippen molar-refractivity contribution < 1.29 is 28.3 Å². The maximum atomic E-state index is 15.7. The van der Waals surface area contributed by atoms with Gasteiger partial charge in [-0.3, -0.25) is 14.4 Å². The molecule has 11 heteroatoms. The summed E-state index contributed by atoms with van der Waals surface area (Å²) in [6.45, 7) is 12.5. The quantitative estimate of drug-likeness (QED) is 0.235. The Bertz CT molecular complexity index is 1650. The number of hydrogen-bond donors (Lipinski definition) is 3. The number of aryl methyl sites for hydroxylation is 3. The van der Waals surface area contributed by atoms with Crippen molar-refractivity contribution >= 4 is 23.6 Å². The van der Waals surface area contributed by atoms with Crippen molar-refractivity contribution in [2.24, 2.45) is 5.92 Å². The van der Waals surface area contributed by atoms with E-state index < -0.39 is 47.9 Å². The minimum absolute atomic E-state index is 0.00108. The number of benzene rings is 2. The number of nitrogens with one attached hydrogen (secondary N) is 2. The van der Waals surface area contributed by atoms with E-state index in [-0.39, 0.29) is 34.7 Å². The molecule has 0 unspecified atom stereocenters. The standard InChI is InChI=1S/C36H45F2N5O4/c1-20(2)12-29(41-34(46)27-10-9-11-30(39-27)43-18-36(6,19-43)42(7)8)35(47)40-28(17-31(44)45)26-16-24(13-23(5)33(26)38)32-21(3)14-25(37)15-22(32)4/h9-11,13-16,20,28-29H,12,17-19H2,1-8H3,(H,40,47)(H,41,46)(H,44,45)/t28-,29-/m0/s1. The van der Waals surface area contributed by atoms with Crippen molar-refractivity contribution in [1.29, 1.82) is 0 Å². The van der Waals surface area contributed by atoms with Gasteiger partial charge in [0.1, 0.15) is 29.2 Å². The van der Waals surface area contributed by atoms with Crippen LogP contribution in [0.2, 0.25) is 0 Å². The molecule has 0 aliphatic carbocycles. The first kappa shape index (κ1) is 35.5. The third kappa shape index (κ3) is 8.13.